The molecule has 1 aromatic heterocycles. The third-order valence-electron chi connectivity index (χ3n) is 1.99. The molecule has 0 atom stereocenters. The molecule has 1 aromatic rings. The summed E-state index contributed by atoms with van der Waals surface area (Å²) in [5, 5.41) is 0. The van der Waals surface area contributed by atoms with Crippen molar-refractivity contribution in [1.29, 1.82) is 0 Å². The third kappa shape index (κ3) is 3.54. The van der Waals surface area contributed by atoms with Gasteiger partial charge in [-0.2, -0.15) is 8.78 Å². The topological polar surface area (TPSA) is 7.12 Å². The van der Waals surface area contributed by atoms with Gasteiger partial charge in [0.15, 0.2) is 12.4 Å². The summed E-state index contributed by atoms with van der Waals surface area (Å²) in [5.74, 6) is 0. The molecule has 0 radical (unpaired) electrons. The van der Waals surface area contributed by atoms with Crippen molar-refractivity contribution in [3.05, 3.63) is 24.5 Å². The summed E-state index contributed by atoms with van der Waals surface area (Å²) in [5.41, 5.74) is 0.643. The SMILES string of the molecule is CN(C)c1cc[n+](C(F)(F)C(F)(F)Br)cc1.[Br-]. The molecule has 0 aliphatic heterocycles. The maximum atomic E-state index is 13.1. The van der Waals surface area contributed by atoms with Crippen LogP contribution in [0.15, 0.2) is 24.5 Å². The van der Waals surface area contributed by atoms with E-state index >= 15 is 0 Å². The van der Waals surface area contributed by atoms with Gasteiger partial charge in [-0.3, -0.25) is 0 Å². The van der Waals surface area contributed by atoms with Gasteiger partial charge >= 0.3 is 10.9 Å². The van der Waals surface area contributed by atoms with Gasteiger partial charge in [0.2, 0.25) is 0 Å². The molecule has 0 amide bonds. The van der Waals surface area contributed by atoms with E-state index in [1.54, 1.807) is 34.9 Å². The molecule has 0 aromatic carbocycles. The molecule has 0 spiro atoms. The van der Waals surface area contributed by atoms with Crippen LogP contribution < -0.4 is 26.4 Å². The summed E-state index contributed by atoms with van der Waals surface area (Å²) in [6.07, 6.45) is 1.81. The molecule has 0 unspecified atom stereocenters. The smallest absolute Gasteiger partial charge is 0.538 e. The lowest BCUT2D eigenvalue weighted by Gasteiger charge is -2.16. The van der Waals surface area contributed by atoms with Gasteiger partial charge in [-0.05, 0) is 0 Å². The molecule has 0 aliphatic carbocycles. The van der Waals surface area contributed by atoms with E-state index in [1.165, 1.54) is 12.1 Å². The molecular formula is C9H10Br2F4N2. The van der Waals surface area contributed by atoms with E-state index in [1.807, 2.05) is 0 Å². The van der Waals surface area contributed by atoms with Crippen molar-refractivity contribution in [2.24, 2.45) is 0 Å². The average Bonchev–Trinajstić information content (AvgIpc) is 2.16. The minimum absolute atomic E-state index is 0. The summed E-state index contributed by atoms with van der Waals surface area (Å²) in [7, 11) is 3.44. The molecule has 0 aliphatic rings. The zero-order valence-electron chi connectivity index (χ0n) is 8.97. The standard InChI is InChI=1S/C9H10BrF4N2.BrH/c1-15(2)7-3-5-16(6-4-7)9(13,14)8(10,11)12;/h3-6H,1-2H3;1H/q+1;/p-1. The first-order valence-electron chi connectivity index (χ1n) is 4.30. The van der Waals surface area contributed by atoms with E-state index in [9.17, 15) is 17.6 Å². The number of pyridine rings is 1. The summed E-state index contributed by atoms with van der Waals surface area (Å²) < 4.78 is 51.6. The van der Waals surface area contributed by atoms with Crippen LogP contribution in [-0.2, 0) is 6.05 Å². The van der Waals surface area contributed by atoms with Gasteiger partial charge in [-0.25, -0.2) is 0 Å². The minimum Gasteiger partial charge on any atom is -1.00 e. The summed E-state index contributed by atoms with van der Waals surface area (Å²) in [6, 6.07) is -1.66. The van der Waals surface area contributed by atoms with E-state index in [2.05, 4.69) is 0 Å². The Bertz CT molecular complexity index is 362. The van der Waals surface area contributed by atoms with Gasteiger partial charge in [0.25, 0.3) is 0 Å². The highest BCUT2D eigenvalue weighted by atomic mass is 79.9. The third-order valence-corrected chi connectivity index (χ3v) is 2.47. The number of halogens is 6. The van der Waals surface area contributed by atoms with E-state index < -0.39 is 10.9 Å². The molecule has 0 fully saturated rings. The molecule has 2 nitrogen and oxygen atoms in total. The van der Waals surface area contributed by atoms with Gasteiger partial charge in [0.1, 0.15) is 0 Å². The van der Waals surface area contributed by atoms with Crippen LogP contribution >= 0.6 is 15.9 Å². The van der Waals surface area contributed by atoms with Crippen LogP contribution in [0.2, 0.25) is 0 Å². The van der Waals surface area contributed by atoms with Crippen LogP contribution in [0.1, 0.15) is 0 Å². The Morgan fingerprint density at radius 2 is 1.53 bits per heavy atom. The number of hydrogen-bond donors (Lipinski definition) is 0. The lowest BCUT2D eigenvalue weighted by Crippen LogP contribution is -3.00. The minimum atomic E-state index is -4.31. The zero-order chi connectivity index (χ0) is 12.6. The van der Waals surface area contributed by atoms with Crippen LogP contribution in [0, 0.1) is 0 Å². The quantitative estimate of drug-likeness (QED) is 0.392. The van der Waals surface area contributed by atoms with Crippen LogP contribution in [0.25, 0.3) is 0 Å². The number of anilines is 1. The Balaban J connectivity index is 0.00000256. The number of hydrogen-bond acceptors (Lipinski definition) is 1. The van der Waals surface area contributed by atoms with Crippen molar-refractivity contribution in [3.63, 3.8) is 0 Å². The molecule has 0 saturated carbocycles. The van der Waals surface area contributed by atoms with E-state index in [0.717, 1.165) is 12.4 Å². The molecule has 1 heterocycles. The molecule has 1 rings (SSSR count). The van der Waals surface area contributed by atoms with Crippen LogP contribution in [0.5, 0.6) is 0 Å². The van der Waals surface area contributed by atoms with Crippen molar-refractivity contribution in [3.8, 4) is 0 Å². The van der Waals surface area contributed by atoms with Gasteiger partial charge in [0.05, 0.1) is 0 Å². The largest absolute Gasteiger partial charge is 1.00 e. The summed E-state index contributed by atoms with van der Waals surface area (Å²) in [6.45, 7) is 0. The zero-order valence-corrected chi connectivity index (χ0v) is 12.1. The molecule has 17 heavy (non-hydrogen) atoms. The first kappa shape index (κ1) is 16.6. The van der Waals surface area contributed by atoms with Gasteiger partial charge in [-0.15, -0.1) is 13.3 Å². The summed E-state index contributed by atoms with van der Waals surface area (Å²) >= 11 is 1.67. The highest BCUT2D eigenvalue weighted by molar-refractivity contribution is 9.10. The molecule has 0 saturated heterocycles. The Labute approximate surface area is 115 Å². The van der Waals surface area contributed by atoms with Crippen LogP contribution in [0.4, 0.5) is 23.2 Å². The van der Waals surface area contributed by atoms with Crippen LogP contribution in [0.3, 0.4) is 0 Å². The van der Waals surface area contributed by atoms with Crippen molar-refractivity contribution < 1.29 is 39.1 Å². The van der Waals surface area contributed by atoms with E-state index in [4.69, 9.17) is 0 Å². The first-order chi connectivity index (χ1) is 7.16. The second-order valence-corrected chi connectivity index (χ2v) is 4.39. The Hall–Kier alpha value is -0.370. The predicted octanol–water partition coefficient (Wildman–Crippen LogP) is -0.419. The maximum Gasteiger partial charge on any atom is 0.538 e. The van der Waals surface area contributed by atoms with Crippen molar-refractivity contribution in [1.82, 2.24) is 0 Å². The molecule has 98 valence electrons. The fourth-order valence-corrected chi connectivity index (χ4v) is 1.26. The van der Waals surface area contributed by atoms with Crippen molar-refractivity contribution in [2.45, 2.75) is 10.9 Å². The van der Waals surface area contributed by atoms with Gasteiger partial charge in [0, 0.05) is 47.8 Å². The van der Waals surface area contributed by atoms with Crippen molar-refractivity contribution in [2.75, 3.05) is 19.0 Å². The predicted molar refractivity (Wildman–Crippen MR) is 55.0 cm³/mol. The molecule has 0 N–H and O–H groups in total. The first-order valence-corrected chi connectivity index (χ1v) is 5.09. The lowest BCUT2D eigenvalue weighted by molar-refractivity contribution is -0.837. The number of alkyl halides is 5. The fraction of sp³-hybridized carbons (Fsp3) is 0.444. The van der Waals surface area contributed by atoms with E-state index in [-0.39, 0.29) is 21.5 Å². The lowest BCUT2D eigenvalue weighted by atomic mass is 10.3. The van der Waals surface area contributed by atoms with Gasteiger partial charge in [-0.1, -0.05) is 0 Å². The van der Waals surface area contributed by atoms with Crippen molar-refractivity contribution >= 4 is 21.6 Å². The van der Waals surface area contributed by atoms with E-state index in [0.29, 0.717) is 5.69 Å². The van der Waals surface area contributed by atoms with Crippen LogP contribution in [-0.4, -0.2) is 18.9 Å². The monoisotopic (exact) mass is 380 g/mol. The second kappa shape index (κ2) is 5.51. The molecule has 8 heteroatoms. The fourth-order valence-electron chi connectivity index (χ4n) is 1.05. The highest BCUT2D eigenvalue weighted by Crippen LogP contribution is 2.39. The Morgan fingerprint density at radius 1 is 1.12 bits per heavy atom. The maximum absolute atomic E-state index is 13.1. The number of nitrogens with zero attached hydrogens (tertiary/aromatic N) is 2. The molecular weight excluding hydrogens is 372 g/mol. The number of rotatable bonds is 3. The Morgan fingerprint density at radius 3 is 1.82 bits per heavy atom. The normalized spacial score (nSPS) is 11.9. The average molecular weight is 382 g/mol. The number of aromatic nitrogens is 1. The highest BCUT2D eigenvalue weighted by Gasteiger charge is 2.64. The molecule has 0 bridgehead atoms. The van der Waals surface area contributed by atoms with Gasteiger partial charge < -0.3 is 21.9 Å². The summed E-state index contributed by atoms with van der Waals surface area (Å²) in [4.78, 5) is -2.61. The Kier molecular flexibility index (Phi) is 5.39. The second-order valence-electron chi connectivity index (χ2n) is 3.40.